The van der Waals surface area contributed by atoms with Crippen molar-refractivity contribution >= 4 is 29.3 Å². The molecule has 1 N–H and O–H groups in total. The number of nitrogens with zero attached hydrogens (tertiary/aromatic N) is 1. The van der Waals surface area contributed by atoms with Crippen LogP contribution < -0.4 is 20.8 Å². The zero-order chi connectivity index (χ0) is 21.0. The van der Waals surface area contributed by atoms with E-state index < -0.39 is 7.29 Å². The van der Waals surface area contributed by atoms with Gasteiger partial charge in [-0.15, -0.1) is 0 Å². The van der Waals surface area contributed by atoms with Gasteiger partial charge in [0.15, 0.2) is 0 Å². The van der Waals surface area contributed by atoms with Gasteiger partial charge in [0.1, 0.15) is 0 Å². The zero-order valence-electron chi connectivity index (χ0n) is 17.2. The van der Waals surface area contributed by atoms with Crippen LogP contribution in [0.1, 0.15) is 11.1 Å². The van der Waals surface area contributed by atoms with Gasteiger partial charge in [0.25, 0.3) is 0 Å². The summed E-state index contributed by atoms with van der Waals surface area (Å²) in [5.74, 6) is 0. The summed E-state index contributed by atoms with van der Waals surface area (Å²) in [7, 11) is -3.27. The number of nitrogens with one attached hydrogen (secondary N) is 1. The van der Waals surface area contributed by atoms with Crippen molar-refractivity contribution < 1.29 is 4.57 Å². The fourth-order valence-corrected chi connectivity index (χ4v) is 6.74. The first kappa shape index (κ1) is 20.0. The van der Waals surface area contributed by atoms with Gasteiger partial charge in [-0.2, -0.15) is 0 Å². The van der Waals surface area contributed by atoms with E-state index in [2.05, 4.69) is 5.43 Å². The lowest BCUT2D eigenvalue weighted by Crippen LogP contribution is -2.38. The molecule has 0 aliphatic heterocycles. The van der Waals surface area contributed by atoms with Gasteiger partial charge >= 0.3 is 0 Å². The SMILES string of the molecule is Cc1ccccc1P(=O)(c1ccccc1C)N(Nc1ccccc1)c1ccccc1. The molecule has 0 fully saturated rings. The molecule has 0 radical (unpaired) electrons. The van der Waals surface area contributed by atoms with Gasteiger partial charge in [0, 0.05) is 10.6 Å². The van der Waals surface area contributed by atoms with Crippen molar-refractivity contribution in [1.82, 2.24) is 0 Å². The van der Waals surface area contributed by atoms with Gasteiger partial charge < -0.3 is 0 Å². The van der Waals surface area contributed by atoms with Crippen LogP contribution in [0, 0.1) is 13.8 Å². The molecule has 150 valence electrons. The maximum Gasteiger partial charge on any atom is 0.247 e. The number of hydrogen-bond donors (Lipinski definition) is 1. The summed E-state index contributed by atoms with van der Waals surface area (Å²) in [4.78, 5) is 0. The molecular formula is C26H25N2OP. The first-order valence-corrected chi connectivity index (χ1v) is 11.7. The van der Waals surface area contributed by atoms with Crippen LogP contribution in [-0.2, 0) is 4.57 Å². The largest absolute Gasteiger partial charge is 0.292 e. The normalized spacial score (nSPS) is 11.1. The Hall–Kier alpha value is -3.29. The molecule has 0 atom stereocenters. The van der Waals surface area contributed by atoms with Gasteiger partial charge in [-0.3, -0.25) is 9.99 Å². The molecule has 3 nitrogen and oxygen atoms in total. The molecule has 0 aromatic heterocycles. The molecular weight excluding hydrogens is 387 g/mol. The fraction of sp³-hybridized carbons (Fsp3) is 0.0769. The van der Waals surface area contributed by atoms with Crippen molar-refractivity contribution in [3.63, 3.8) is 0 Å². The third kappa shape index (κ3) is 3.77. The second-order valence-corrected chi connectivity index (χ2v) is 9.79. The van der Waals surface area contributed by atoms with E-state index in [9.17, 15) is 0 Å². The monoisotopic (exact) mass is 412 g/mol. The summed E-state index contributed by atoms with van der Waals surface area (Å²) >= 11 is 0. The van der Waals surface area contributed by atoms with E-state index >= 15 is 4.57 Å². The molecule has 0 heterocycles. The lowest BCUT2D eigenvalue weighted by Gasteiger charge is -2.36. The number of rotatable bonds is 6. The molecule has 0 unspecified atom stereocenters. The maximum absolute atomic E-state index is 15.2. The smallest absolute Gasteiger partial charge is 0.247 e. The highest BCUT2D eigenvalue weighted by molar-refractivity contribution is 7.80. The number of hydrazine groups is 1. The summed E-state index contributed by atoms with van der Waals surface area (Å²) in [5.41, 5.74) is 7.18. The van der Waals surface area contributed by atoms with E-state index in [4.69, 9.17) is 0 Å². The Kier molecular flexibility index (Phi) is 5.74. The van der Waals surface area contributed by atoms with Crippen molar-refractivity contribution in [2.24, 2.45) is 0 Å². The van der Waals surface area contributed by atoms with Crippen molar-refractivity contribution in [1.29, 1.82) is 0 Å². The van der Waals surface area contributed by atoms with Crippen LogP contribution in [0.25, 0.3) is 0 Å². The number of hydrogen-bond acceptors (Lipinski definition) is 2. The first-order valence-electron chi connectivity index (χ1n) is 10.0. The minimum absolute atomic E-state index is 0.826. The van der Waals surface area contributed by atoms with Gasteiger partial charge in [0.2, 0.25) is 7.29 Å². The number of para-hydroxylation sites is 2. The Morgan fingerprint density at radius 1 is 0.600 bits per heavy atom. The number of aryl methyl sites for hydroxylation is 2. The lowest BCUT2D eigenvalue weighted by molar-refractivity contribution is 0.585. The second-order valence-electron chi connectivity index (χ2n) is 7.27. The minimum Gasteiger partial charge on any atom is -0.292 e. The molecule has 0 saturated heterocycles. The van der Waals surface area contributed by atoms with Crippen LogP contribution in [0.4, 0.5) is 11.4 Å². The van der Waals surface area contributed by atoms with Crippen molar-refractivity contribution in [2.45, 2.75) is 13.8 Å². The van der Waals surface area contributed by atoms with Crippen LogP contribution in [0.5, 0.6) is 0 Å². The third-order valence-electron chi connectivity index (χ3n) is 5.18. The Balaban J connectivity index is 2.00. The number of benzene rings is 4. The molecule has 4 aromatic carbocycles. The Bertz CT molecular complexity index is 1130. The summed E-state index contributed by atoms with van der Waals surface area (Å²) in [5, 5.41) is 1.65. The van der Waals surface area contributed by atoms with Gasteiger partial charge in [-0.1, -0.05) is 72.8 Å². The molecule has 4 rings (SSSR count). The second kappa shape index (κ2) is 8.61. The van der Waals surface area contributed by atoms with Crippen LogP contribution in [-0.4, -0.2) is 0 Å². The van der Waals surface area contributed by atoms with Crippen LogP contribution in [0.15, 0.2) is 109 Å². The summed E-state index contributed by atoms with van der Waals surface area (Å²) < 4.78 is 17.1. The topological polar surface area (TPSA) is 32.3 Å². The Morgan fingerprint density at radius 2 is 1.03 bits per heavy atom. The molecule has 30 heavy (non-hydrogen) atoms. The minimum atomic E-state index is -3.27. The highest BCUT2D eigenvalue weighted by Gasteiger charge is 2.37. The average molecular weight is 412 g/mol. The summed E-state index contributed by atoms with van der Waals surface area (Å²) in [6.45, 7) is 4.04. The van der Waals surface area contributed by atoms with E-state index in [1.807, 2.05) is 128 Å². The highest BCUT2D eigenvalue weighted by Crippen LogP contribution is 2.51. The van der Waals surface area contributed by atoms with Gasteiger partial charge in [0.05, 0.1) is 11.4 Å². The van der Waals surface area contributed by atoms with Crippen molar-refractivity contribution in [3.8, 4) is 0 Å². The molecule has 0 aliphatic rings. The molecule has 0 aliphatic carbocycles. The summed E-state index contributed by atoms with van der Waals surface area (Å²) in [6.07, 6.45) is 0. The van der Waals surface area contributed by atoms with E-state index in [-0.39, 0.29) is 0 Å². The predicted molar refractivity (Wildman–Crippen MR) is 128 cm³/mol. The molecule has 0 amide bonds. The zero-order valence-corrected chi connectivity index (χ0v) is 18.1. The van der Waals surface area contributed by atoms with E-state index in [1.54, 1.807) is 0 Å². The maximum atomic E-state index is 15.2. The molecule has 0 spiro atoms. The average Bonchev–Trinajstić information content (AvgIpc) is 2.79. The predicted octanol–water partition coefficient (Wildman–Crippen LogP) is 6.07. The van der Waals surface area contributed by atoms with Crippen LogP contribution in [0.2, 0.25) is 0 Å². The molecule has 0 saturated carbocycles. The van der Waals surface area contributed by atoms with E-state index in [1.165, 1.54) is 0 Å². The van der Waals surface area contributed by atoms with Crippen LogP contribution in [0.3, 0.4) is 0 Å². The lowest BCUT2D eigenvalue weighted by atomic mass is 10.2. The van der Waals surface area contributed by atoms with Crippen molar-refractivity contribution in [2.75, 3.05) is 10.2 Å². The Labute approximate surface area is 178 Å². The van der Waals surface area contributed by atoms with Gasteiger partial charge in [-0.05, 0) is 61.4 Å². The van der Waals surface area contributed by atoms with Crippen molar-refractivity contribution in [3.05, 3.63) is 120 Å². The van der Waals surface area contributed by atoms with Gasteiger partial charge in [-0.25, -0.2) is 4.78 Å². The molecule has 4 aromatic rings. The fourth-order valence-electron chi connectivity index (χ4n) is 3.65. The molecule has 4 heteroatoms. The Morgan fingerprint density at radius 3 is 1.53 bits per heavy atom. The standard InChI is InChI=1S/C26H25N2OP/c1-21-13-9-11-19-25(21)30(29,26-20-12-10-14-22(26)2)28(24-17-7-4-8-18-24)27-23-15-5-3-6-16-23/h3-20,27H,1-2H3. The summed E-state index contributed by atoms with van der Waals surface area (Å²) in [6, 6.07) is 35.6. The highest BCUT2D eigenvalue weighted by atomic mass is 31.2. The quantitative estimate of drug-likeness (QED) is 0.308. The van der Waals surface area contributed by atoms with Crippen LogP contribution >= 0.6 is 7.29 Å². The van der Waals surface area contributed by atoms with E-state index in [0.717, 1.165) is 33.1 Å². The van der Waals surface area contributed by atoms with E-state index in [0.29, 0.717) is 0 Å². The third-order valence-corrected chi connectivity index (χ3v) is 8.38. The number of anilines is 2. The molecule has 0 bridgehead atoms. The first-order chi connectivity index (χ1) is 14.6.